The van der Waals surface area contributed by atoms with Gasteiger partial charge >= 0.3 is 5.97 Å². The van der Waals surface area contributed by atoms with Gasteiger partial charge < -0.3 is 28.4 Å². The average molecular weight is 433 g/mol. The van der Waals surface area contributed by atoms with Crippen LogP contribution in [0, 0.1) is 11.8 Å². The van der Waals surface area contributed by atoms with Gasteiger partial charge in [-0.3, -0.25) is 4.79 Å². The van der Waals surface area contributed by atoms with E-state index in [4.69, 9.17) is 40.0 Å². The van der Waals surface area contributed by atoms with Crippen molar-refractivity contribution in [3.8, 4) is 28.7 Å². The molecule has 1 fully saturated rings. The number of fused-ring (bicyclic) bond motifs is 3. The smallest absolute Gasteiger partial charge is 0.310 e. The fraction of sp³-hybridized carbons (Fsp3) is 0.409. The first kappa shape index (κ1) is 19.2. The van der Waals surface area contributed by atoms with Crippen LogP contribution in [-0.4, -0.2) is 40.7 Å². The number of carbonyl (C=O) groups is 1. The van der Waals surface area contributed by atoms with Gasteiger partial charge in [0.05, 0.1) is 39.2 Å². The van der Waals surface area contributed by atoms with Gasteiger partial charge in [-0.2, -0.15) is 0 Å². The maximum atomic E-state index is 12.8. The molecular formula is C22H21ClO7. The predicted octanol–water partition coefficient (Wildman–Crippen LogP) is 3.66. The Bertz CT molecular complexity index is 996. The van der Waals surface area contributed by atoms with Crippen LogP contribution >= 0.6 is 11.6 Å². The van der Waals surface area contributed by atoms with Crippen molar-refractivity contribution >= 4 is 17.6 Å². The van der Waals surface area contributed by atoms with Gasteiger partial charge in [0.25, 0.3) is 0 Å². The van der Waals surface area contributed by atoms with Crippen LogP contribution < -0.4 is 23.7 Å². The second-order valence-corrected chi connectivity index (χ2v) is 7.96. The minimum Gasteiger partial charge on any atom is -0.493 e. The van der Waals surface area contributed by atoms with Gasteiger partial charge in [-0.25, -0.2) is 0 Å². The topological polar surface area (TPSA) is 72.5 Å². The van der Waals surface area contributed by atoms with Crippen LogP contribution in [0.15, 0.2) is 24.3 Å². The molecule has 2 heterocycles. The van der Waals surface area contributed by atoms with Crippen LogP contribution in [0.1, 0.15) is 28.0 Å². The average Bonchev–Trinajstić information content (AvgIpc) is 3.38. The zero-order valence-corrected chi connectivity index (χ0v) is 17.5. The number of benzene rings is 2. The molecule has 4 atom stereocenters. The van der Waals surface area contributed by atoms with Crippen molar-refractivity contribution < 1.29 is 33.2 Å². The third kappa shape index (κ3) is 2.68. The Labute approximate surface area is 178 Å². The van der Waals surface area contributed by atoms with E-state index in [9.17, 15) is 4.79 Å². The second kappa shape index (κ2) is 7.16. The van der Waals surface area contributed by atoms with E-state index >= 15 is 0 Å². The summed E-state index contributed by atoms with van der Waals surface area (Å²) in [7, 11) is 4.68. The molecule has 0 amide bonds. The lowest BCUT2D eigenvalue weighted by Gasteiger charge is -2.36. The molecule has 30 heavy (non-hydrogen) atoms. The summed E-state index contributed by atoms with van der Waals surface area (Å²) in [5.41, 5.74) is 2.68. The van der Waals surface area contributed by atoms with Gasteiger partial charge in [-0.15, -0.1) is 11.6 Å². The number of esters is 1. The molecule has 0 saturated carbocycles. The summed E-state index contributed by atoms with van der Waals surface area (Å²) in [5.74, 6) is 1.68. The van der Waals surface area contributed by atoms with E-state index in [0.717, 1.165) is 16.7 Å². The Morgan fingerprint density at radius 3 is 2.13 bits per heavy atom. The molecule has 0 bridgehead atoms. The molecule has 1 aliphatic carbocycles. The number of carbonyl (C=O) groups excluding carboxylic acids is 1. The van der Waals surface area contributed by atoms with Gasteiger partial charge in [-0.1, -0.05) is 0 Å². The monoisotopic (exact) mass is 432 g/mol. The number of halogens is 1. The summed E-state index contributed by atoms with van der Waals surface area (Å²) in [6.45, 7) is 0.446. The first-order valence-corrected chi connectivity index (χ1v) is 10.0. The van der Waals surface area contributed by atoms with E-state index in [1.807, 2.05) is 24.3 Å². The van der Waals surface area contributed by atoms with Gasteiger partial charge in [0.15, 0.2) is 23.0 Å². The van der Waals surface area contributed by atoms with Crippen molar-refractivity contribution in [1.82, 2.24) is 0 Å². The highest BCUT2D eigenvalue weighted by molar-refractivity contribution is 6.21. The predicted molar refractivity (Wildman–Crippen MR) is 107 cm³/mol. The highest BCUT2D eigenvalue weighted by atomic mass is 35.5. The standard InChI is InChI=1S/C22H21ClO7/c1-25-16-4-10(5-17(26-2)21(16)27-3)18-11-6-14-15(30-9-29-14)7-12(11)20(23)13-8-28-22(24)19(13)18/h4-7,13,18-20H,8-9H2,1-3H3/t13-,18+,19-,20-/m0/s1. The fourth-order valence-corrected chi connectivity index (χ4v) is 5.19. The minimum absolute atomic E-state index is 0.156. The van der Waals surface area contributed by atoms with E-state index in [0.29, 0.717) is 28.7 Å². The number of cyclic esters (lactones) is 1. The molecule has 0 radical (unpaired) electrons. The van der Waals surface area contributed by atoms with Crippen LogP contribution in [0.3, 0.4) is 0 Å². The number of rotatable bonds is 4. The van der Waals surface area contributed by atoms with Gasteiger partial charge in [0.1, 0.15) is 0 Å². The Hall–Kier alpha value is -2.80. The van der Waals surface area contributed by atoms with E-state index in [2.05, 4.69) is 0 Å². The van der Waals surface area contributed by atoms with Gasteiger partial charge in [0, 0.05) is 11.8 Å². The normalized spacial score (nSPS) is 25.9. The number of alkyl halides is 1. The van der Waals surface area contributed by atoms with Crippen LogP contribution in [0.5, 0.6) is 28.7 Å². The molecule has 158 valence electrons. The summed E-state index contributed by atoms with van der Waals surface area (Å²) in [6.07, 6.45) is 0. The summed E-state index contributed by atoms with van der Waals surface area (Å²) in [6, 6.07) is 7.58. The van der Waals surface area contributed by atoms with E-state index < -0.39 is 5.92 Å². The molecule has 3 aliphatic rings. The molecule has 2 aliphatic heterocycles. The molecule has 5 rings (SSSR count). The van der Waals surface area contributed by atoms with Crippen molar-refractivity contribution in [2.24, 2.45) is 11.8 Å². The number of hydrogen-bond donors (Lipinski definition) is 0. The summed E-state index contributed by atoms with van der Waals surface area (Å²) >= 11 is 6.83. The Morgan fingerprint density at radius 2 is 1.53 bits per heavy atom. The third-order valence-electron chi connectivity index (χ3n) is 6.14. The van der Waals surface area contributed by atoms with Crippen molar-refractivity contribution in [3.63, 3.8) is 0 Å². The number of hydrogen-bond acceptors (Lipinski definition) is 7. The first-order valence-electron chi connectivity index (χ1n) is 9.61. The maximum Gasteiger partial charge on any atom is 0.310 e. The molecule has 1 saturated heterocycles. The lowest BCUT2D eigenvalue weighted by atomic mass is 9.67. The fourth-order valence-electron chi connectivity index (χ4n) is 4.78. The number of methoxy groups -OCH3 is 3. The Balaban J connectivity index is 1.74. The molecule has 0 N–H and O–H groups in total. The molecule has 0 unspecified atom stereocenters. The van der Waals surface area contributed by atoms with E-state index in [1.54, 1.807) is 21.3 Å². The molecule has 2 aromatic carbocycles. The van der Waals surface area contributed by atoms with Gasteiger partial charge in [-0.05, 0) is 41.0 Å². The third-order valence-corrected chi connectivity index (χ3v) is 6.70. The highest BCUT2D eigenvalue weighted by Gasteiger charge is 2.52. The highest BCUT2D eigenvalue weighted by Crippen LogP contribution is 2.57. The molecule has 0 spiro atoms. The molecular weight excluding hydrogens is 412 g/mol. The molecule has 8 heteroatoms. The van der Waals surface area contributed by atoms with Crippen molar-refractivity contribution in [1.29, 1.82) is 0 Å². The van der Waals surface area contributed by atoms with E-state index in [-0.39, 0.29) is 36.6 Å². The SMILES string of the molecule is COc1cc([C@@H]2c3cc4c(cc3[C@H](Cl)[C@H]3COC(=O)[C@H]23)OCO4)cc(OC)c1OC. The quantitative estimate of drug-likeness (QED) is 0.539. The summed E-state index contributed by atoms with van der Waals surface area (Å²) in [4.78, 5) is 12.8. The van der Waals surface area contributed by atoms with Crippen LogP contribution in [0.2, 0.25) is 0 Å². The number of ether oxygens (including phenoxy) is 6. The minimum atomic E-state index is -0.428. The second-order valence-electron chi connectivity index (χ2n) is 7.49. The van der Waals surface area contributed by atoms with E-state index in [1.165, 1.54) is 0 Å². The van der Waals surface area contributed by atoms with Gasteiger partial charge in [0.2, 0.25) is 12.5 Å². The summed E-state index contributed by atoms with van der Waals surface area (Å²) in [5, 5.41) is -0.371. The Kier molecular flexibility index (Phi) is 4.58. The molecule has 7 nitrogen and oxygen atoms in total. The summed E-state index contributed by atoms with van der Waals surface area (Å²) < 4.78 is 33.1. The van der Waals surface area contributed by atoms with Crippen molar-refractivity contribution in [2.75, 3.05) is 34.7 Å². The molecule has 0 aromatic heterocycles. The lowest BCUT2D eigenvalue weighted by molar-refractivity contribution is -0.141. The zero-order chi connectivity index (χ0) is 21.0. The first-order chi connectivity index (χ1) is 14.6. The van der Waals surface area contributed by atoms with Crippen LogP contribution in [0.25, 0.3) is 0 Å². The van der Waals surface area contributed by atoms with Crippen molar-refractivity contribution in [3.05, 3.63) is 41.0 Å². The van der Waals surface area contributed by atoms with Crippen LogP contribution in [0.4, 0.5) is 0 Å². The lowest BCUT2D eigenvalue weighted by Crippen LogP contribution is -2.33. The molecule has 2 aromatic rings. The Morgan fingerprint density at radius 1 is 0.900 bits per heavy atom. The van der Waals surface area contributed by atoms with Crippen LogP contribution in [-0.2, 0) is 9.53 Å². The van der Waals surface area contributed by atoms with Crippen molar-refractivity contribution in [2.45, 2.75) is 11.3 Å². The maximum absolute atomic E-state index is 12.8. The zero-order valence-electron chi connectivity index (χ0n) is 16.8. The largest absolute Gasteiger partial charge is 0.493 e.